The number of hydrogen-bond acceptors (Lipinski definition) is 4. The normalized spacial score (nSPS) is 23.6. The van der Waals surface area contributed by atoms with Gasteiger partial charge in [-0.3, -0.25) is 9.59 Å². The van der Waals surface area contributed by atoms with Crippen LogP contribution in [0, 0.1) is 5.92 Å². The van der Waals surface area contributed by atoms with Crippen LogP contribution in [0.4, 0.5) is 0 Å². The average molecular weight is 269 g/mol. The molecule has 0 aliphatic carbocycles. The van der Waals surface area contributed by atoms with Gasteiger partial charge in [-0.1, -0.05) is 0 Å². The van der Waals surface area contributed by atoms with Crippen LogP contribution >= 0.6 is 11.3 Å². The third-order valence-corrected chi connectivity index (χ3v) is 3.87. The Morgan fingerprint density at radius 2 is 2.44 bits per heavy atom. The Hall–Kier alpha value is -1.40. The zero-order chi connectivity index (χ0) is 13.1. The van der Waals surface area contributed by atoms with E-state index in [0.29, 0.717) is 13.2 Å². The molecule has 2 atom stereocenters. The van der Waals surface area contributed by atoms with E-state index < -0.39 is 11.9 Å². The smallest absolute Gasteiger partial charge is 0.309 e. The Morgan fingerprint density at radius 3 is 3.00 bits per heavy atom. The molecule has 6 heteroatoms. The first kappa shape index (κ1) is 13.0. The maximum absolute atomic E-state index is 11.9. The van der Waals surface area contributed by atoms with E-state index >= 15 is 0 Å². The minimum atomic E-state index is -0.917. The van der Waals surface area contributed by atoms with E-state index in [0.717, 1.165) is 5.56 Å². The summed E-state index contributed by atoms with van der Waals surface area (Å²) in [6.45, 7) is 0.846. The number of likely N-dealkylation sites (tertiary alicyclic amines) is 1. The monoisotopic (exact) mass is 269 g/mol. The van der Waals surface area contributed by atoms with Crippen LogP contribution in [0.2, 0.25) is 0 Å². The van der Waals surface area contributed by atoms with Gasteiger partial charge in [0.1, 0.15) is 0 Å². The number of carbonyl (C=O) groups is 2. The molecule has 0 bridgehead atoms. The highest BCUT2D eigenvalue weighted by Gasteiger charge is 2.44. The molecule has 2 heterocycles. The lowest BCUT2D eigenvalue weighted by atomic mass is 9.96. The summed E-state index contributed by atoms with van der Waals surface area (Å²) in [5.74, 6) is -1.70. The molecule has 1 amide bonds. The molecule has 1 aliphatic heterocycles. The number of nitrogens with zero attached hydrogens (tertiary/aromatic N) is 1. The summed E-state index contributed by atoms with van der Waals surface area (Å²) in [7, 11) is 1.56. The van der Waals surface area contributed by atoms with Crippen LogP contribution in [0.15, 0.2) is 16.8 Å². The van der Waals surface area contributed by atoms with Crippen LogP contribution in [0.5, 0.6) is 0 Å². The van der Waals surface area contributed by atoms with Crippen LogP contribution < -0.4 is 0 Å². The molecule has 1 saturated heterocycles. The minimum absolute atomic E-state index is 0.0690. The molecule has 18 heavy (non-hydrogen) atoms. The molecule has 1 N–H and O–H groups in total. The molecule has 5 nitrogen and oxygen atoms in total. The Kier molecular flexibility index (Phi) is 3.98. The first-order chi connectivity index (χ1) is 8.65. The van der Waals surface area contributed by atoms with E-state index in [9.17, 15) is 14.7 Å². The Balaban J connectivity index is 2.26. The number of ether oxygens (including phenoxy) is 1. The lowest BCUT2D eigenvalue weighted by Crippen LogP contribution is -2.33. The van der Waals surface area contributed by atoms with E-state index in [2.05, 4.69) is 0 Å². The van der Waals surface area contributed by atoms with Crippen molar-refractivity contribution in [3.05, 3.63) is 22.4 Å². The van der Waals surface area contributed by atoms with E-state index in [1.807, 2.05) is 16.8 Å². The number of methoxy groups -OCH3 is 1. The van der Waals surface area contributed by atoms with E-state index in [1.165, 1.54) is 11.3 Å². The van der Waals surface area contributed by atoms with Crippen LogP contribution in [0.1, 0.15) is 18.0 Å². The van der Waals surface area contributed by atoms with Crippen molar-refractivity contribution in [2.75, 3.05) is 20.3 Å². The molecule has 0 aromatic carbocycles. The number of carboxylic acids is 1. The maximum atomic E-state index is 11.9. The van der Waals surface area contributed by atoms with Crippen LogP contribution in [0.25, 0.3) is 0 Å². The molecule has 0 saturated carbocycles. The van der Waals surface area contributed by atoms with Gasteiger partial charge in [0.2, 0.25) is 5.91 Å². The largest absolute Gasteiger partial charge is 0.481 e. The number of rotatable bonds is 5. The Morgan fingerprint density at radius 1 is 1.67 bits per heavy atom. The summed E-state index contributed by atoms with van der Waals surface area (Å²) in [5, 5.41) is 13.0. The number of amides is 1. The second-order valence-corrected chi connectivity index (χ2v) is 5.01. The number of thiophene rings is 1. The third kappa shape index (κ3) is 2.39. The predicted octanol–water partition coefficient (Wildman–Crippen LogP) is 1.37. The lowest BCUT2D eigenvalue weighted by Gasteiger charge is -2.26. The van der Waals surface area contributed by atoms with Gasteiger partial charge in [-0.25, -0.2) is 0 Å². The fraction of sp³-hybridized carbons (Fsp3) is 0.500. The predicted molar refractivity (Wildman–Crippen MR) is 66.4 cm³/mol. The zero-order valence-corrected chi connectivity index (χ0v) is 10.9. The number of carboxylic acid groups (broad SMARTS) is 1. The van der Waals surface area contributed by atoms with E-state index in [1.54, 1.807) is 12.0 Å². The topological polar surface area (TPSA) is 66.8 Å². The summed E-state index contributed by atoms with van der Waals surface area (Å²) in [4.78, 5) is 24.8. The van der Waals surface area contributed by atoms with E-state index in [-0.39, 0.29) is 18.4 Å². The molecule has 0 spiro atoms. The molecule has 1 aliphatic rings. The first-order valence-electron chi connectivity index (χ1n) is 5.68. The van der Waals surface area contributed by atoms with Gasteiger partial charge in [0.05, 0.1) is 18.6 Å². The van der Waals surface area contributed by atoms with Crippen molar-refractivity contribution in [2.24, 2.45) is 5.92 Å². The van der Waals surface area contributed by atoms with Crippen molar-refractivity contribution in [2.45, 2.75) is 12.5 Å². The number of aliphatic carboxylic acids is 1. The van der Waals surface area contributed by atoms with Crippen molar-refractivity contribution in [1.29, 1.82) is 0 Å². The molecule has 0 radical (unpaired) electrons. The molecular formula is C12H15NO4S. The third-order valence-electron chi connectivity index (χ3n) is 3.17. The highest BCUT2D eigenvalue weighted by atomic mass is 32.1. The first-order valence-corrected chi connectivity index (χ1v) is 6.62. The van der Waals surface area contributed by atoms with Gasteiger partial charge in [0.15, 0.2) is 0 Å². The van der Waals surface area contributed by atoms with Crippen molar-refractivity contribution < 1.29 is 19.4 Å². The molecule has 2 unspecified atom stereocenters. The van der Waals surface area contributed by atoms with Crippen molar-refractivity contribution >= 4 is 23.2 Å². The van der Waals surface area contributed by atoms with Gasteiger partial charge in [-0.2, -0.15) is 11.3 Å². The van der Waals surface area contributed by atoms with E-state index in [4.69, 9.17) is 4.74 Å². The molecule has 98 valence electrons. The maximum Gasteiger partial charge on any atom is 0.309 e. The van der Waals surface area contributed by atoms with Gasteiger partial charge in [-0.15, -0.1) is 0 Å². The van der Waals surface area contributed by atoms with Gasteiger partial charge in [0, 0.05) is 20.1 Å². The summed E-state index contributed by atoms with van der Waals surface area (Å²) >= 11 is 1.51. The second kappa shape index (κ2) is 5.49. The lowest BCUT2D eigenvalue weighted by molar-refractivity contribution is -0.142. The van der Waals surface area contributed by atoms with Crippen LogP contribution in [-0.4, -0.2) is 42.1 Å². The second-order valence-electron chi connectivity index (χ2n) is 4.23. The molecule has 1 fully saturated rings. The van der Waals surface area contributed by atoms with Crippen molar-refractivity contribution in [3.8, 4) is 0 Å². The summed E-state index contributed by atoms with van der Waals surface area (Å²) in [6, 6.07) is 1.51. The van der Waals surface area contributed by atoms with Crippen LogP contribution in [0.3, 0.4) is 0 Å². The molecule has 2 rings (SSSR count). The standard InChI is InChI=1S/C12H15NO4S/c1-17-4-3-13-10(14)6-9(12(15)16)11(13)8-2-5-18-7-8/h2,5,7,9,11H,3-4,6H2,1H3,(H,15,16). The van der Waals surface area contributed by atoms with Gasteiger partial charge in [-0.05, 0) is 22.4 Å². The van der Waals surface area contributed by atoms with Gasteiger partial charge in [0.25, 0.3) is 0 Å². The number of hydrogen-bond donors (Lipinski definition) is 1. The SMILES string of the molecule is COCCN1C(=O)CC(C(=O)O)C1c1ccsc1. The molecule has 1 aromatic rings. The average Bonchev–Trinajstić information content (AvgIpc) is 2.93. The van der Waals surface area contributed by atoms with Gasteiger partial charge < -0.3 is 14.7 Å². The Bertz CT molecular complexity index is 431. The quantitative estimate of drug-likeness (QED) is 0.876. The highest BCUT2D eigenvalue weighted by Crippen LogP contribution is 2.38. The van der Waals surface area contributed by atoms with Gasteiger partial charge >= 0.3 is 5.97 Å². The summed E-state index contributed by atoms with van der Waals surface area (Å²) in [5.41, 5.74) is 0.898. The van der Waals surface area contributed by atoms with Crippen molar-refractivity contribution in [1.82, 2.24) is 4.90 Å². The molecule has 1 aromatic heterocycles. The number of carbonyl (C=O) groups excluding carboxylic acids is 1. The fourth-order valence-corrected chi connectivity index (χ4v) is 3.01. The van der Waals surface area contributed by atoms with Crippen molar-refractivity contribution in [3.63, 3.8) is 0 Å². The minimum Gasteiger partial charge on any atom is -0.481 e. The highest BCUT2D eigenvalue weighted by molar-refractivity contribution is 7.08. The Labute approximate surface area is 109 Å². The summed E-state index contributed by atoms with van der Waals surface area (Å²) in [6.07, 6.45) is 0.0690. The fourth-order valence-electron chi connectivity index (χ4n) is 2.32. The zero-order valence-electron chi connectivity index (χ0n) is 10.0. The van der Waals surface area contributed by atoms with Crippen LogP contribution in [-0.2, 0) is 14.3 Å². The molecular weight excluding hydrogens is 254 g/mol. The summed E-state index contributed by atoms with van der Waals surface area (Å²) < 4.78 is 4.97.